The quantitative estimate of drug-likeness (QED) is 0.562. The zero-order valence-corrected chi connectivity index (χ0v) is 23.1. The number of piperidine rings is 1. The Hall–Kier alpha value is -3.41. The van der Waals surface area contributed by atoms with Crippen molar-refractivity contribution in [1.29, 1.82) is 5.26 Å². The van der Waals surface area contributed by atoms with Crippen molar-refractivity contribution in [1.82, 2.24) is 14.7 Å². The molecule has 1 N–H and O–H groups in total. The number of likely N-dealkylation sites (tertiary alicyclic amines) is 1. The highest BCUT2D eigenvalue weighted by Gasteiger charge is 2.52. The fraction of sp³-hybridized carbons (Fsp3) is 0.516. The lowest BCUT2D eigenvalue weighted by Gasteiger charge is -2.43. The van der Waals surface area contributed by atoms with Gasteiger partial charge < -0.3 is 19.9 Å². The van der Waals surface area contributed by atoms with Crippen LogP contribution in [-0.4, -0.2) is 85.0 Å². The first-order valence-electron chi connectivity index (χ1n) is 14.3. The Morgan fingerprint density at radius 1 is 1.05 bits per heavy atom. The second-order valence-electron chi connectivity index (χ2n) is 10.8. The highest BCUT2D eigenvalue weighted by atomic mass is 16.5. The molecule has 8 nitrogen and oxygen atoms in total. The fourth-order valence-electron chi connectivity index (χ4n) is 6.55. The number of ether oxygens (including phenoxy) is 1. The standard InChI is InChI=1S/C31H39N5O3/c1-3-13-34-16-18-35(19-17-34)24-11-14-36(15-12-24)29(37)21-31(25-7-5-6-8-28(25)39-4-2)26-20-23(22-32)9-10-27(26)33-30(31)38/h5-10,20,24H,3-4,11-19,21H2,1-2H3,(H,33,38). The van der Waals surface area contributed by atoms with Crippen molar-refractivity contribution in [3.05, 3.63) is 59.2 Å². The molecule has 2 saturated heterocycles. The van der Waals surface area contributed by atoms with Gasteiger partial charge in [0.25, 0.3) is 0 Å². The Morgan fingerprint density at radius 3 is 2.49 bits per heavy atom. The number of carbonyl (C=O) groups is 2. The van der Waals surface area contributed by atoms with Crippen molar-refractivity contribution in [3.63, 3.8) is 0 Å². The minimum absolute atomic E-state index is 0.00877. The molecule has 2 fully saturated rings. The summed E-state index contributed by atoms with van der Waals surface area (Å²) < 4.78 is 5.95. The van der Waals surface area contributed by atoms with Crippen LogP contribution in [0.5, 0.6) is 5.75 Å². The van der Waals surface area contributed by atoms with Gasteiger partial charge in [-0.3, -0.25) is 14.5 Å². The second-order valence-corrected chi connectivity index (χ2v) is 10.8. The summed E-state index contributed by atoms with van der Waals surface area (Å²) in [6, 6.07) is 15.3. The van der Waals surface area contributed by atoms with E-state index in [2.05, 4.69) is 28.1 Å². The normalized spacial score (nSPS) is 22.3. The number of fused-ring (bicyclic) bond motifs is 1. The van der Waals surface area contributed by atoms with Crippen molar-refractivity contribution in [2.75, 3.05) is 57.7 Å². The van der Waals surface area contributed by atoms with Crippen LogP contribution in [0.2, 0.25) is 0 Å². The molecule has 0 bridgehead atoms. The summed E-state index contributed by atoms with van der Waals surface area (Å²) in [7, 11) is 0. The van der Waals surface area contributed by atoms with E-state index in [0.29, 0.717) is 53.9 Å². The number of hydrogen-bond acceptors (Lipinski definition) is 6. The zero-order chi connectivity index (χ0) is 27.4. The molecule has 1 atom stereocenters. The van der Waals surface area contributed by atoms with E-state index >= 15 is 0 Å². The molecule has 2 amide bonds. The van der Waals surface area contributed by atoms with Gasteiger partial charge in [-0.25, -0.2) is 0 Å². The molecular weight excluding hydrogens is 490 g/mol. The number of nitriles is 1. The second kappa shape index (κ2) is 11.8. The molecule has 206 valence electrons. The third-order valence-corrected chi connectivity index (χ3v) is 8.59. The van der Waals surface area contributed by atoms with Gasteiger partial charge in [0, 0.05) is 63.0 Å². The molecule has 0 aliphatic carbocycles. The largest absolute Gasteiger partial charge is 0.494 e. The fourth-order valence-corrected chi connectivity index (χ4v) is 6.55. The summed E-state index contributed by atoms with van der Waals surface area (Å²) in [5, 5.41) is 12.6. The van der Waals surface area contributed by atoms with E-state index in [9.17, 15) is 14.9 Å². The minimum Gasteiger partial charge on any atom is -0.494 e. The number of piperazine rings is 1. The number of nitrogens with one attached hydrogen (secondary N) is 1. The smallest absolute Gasteiger partial charge is 0.240 e. The van der Waals surface area contributed by atoms with Gasteiger partial charge >= 0.3 is 0 Å². The van der Waals surface area contributed by atoms with Crippen molar-refractivity contribution < 1.29 is 14.3 Å². The lowest BCUT2D eigenvalue weighted by molar-refractivity contribution is -0.136. The van der Waals surface area contributed by atoms with Crippen LogP contribution in [0.15, 0.2) is 42.5 Å². The van der Waals surface area contributed by atoms with E-state index in [4.69, 9.17) is 4.74 Å². The van der Waals surface area contributed by atoms with Crippen molar-refractivity contribution in [3.8, 4) is 11.8 Å². The topological polar surface area (TPSA) is 88.9 Å². The Kier molecular flexibility index (Phi) is 8.20. The van der Waals surface area contributed by atoms with Crippen molar-refractivity contribution >= 4 is 17.5 Å². The lowest BCUT2D eigenvalue weighted by Crippen LogP contribution is -2.54. The summed E-state index contributed by atoms with van der Waals surface area (Å²) in [5.41, 5.74) is 1.14. The first-order valence-corrected chi connectivity index (χ1v) is 14.3. The number of hydrogen-bond donors (Lipinski definition) is 1. The SMILES string of the molecule is CCCN1CCN(C2CCN(C(=O)CC3(c4ccccc4OCC)C(=O)Nc4ccc(C#N)cc43)CC2)CC1. The molecule has 5 rings (SSSR count). The summed E-state index contributed by atoms with van der Waals surface area (Å²) in [6.45, 7) is 11.5. The van der Waals surface area contributed by atoms with Crippen LogP contribution < -0.4 is 10.1 Å². The van der Waals surface area contributed by atoms with Gasteiger partial charge in [0.15, 0.2) is 0 Å². The summed E-state index contributed by atoms with van der Waals surface area (Å²) >= 11 is 0. The Balaban J connectivity index is 1.37. The molecule has 39 heavy (non-hydrogen) atoms. The van der Waals surface area contributed by atoms with Crippen molar-refractivity contribution in [2.24, 2.45) is 0 Å². The van der Waals surface area contributed by atoms with Crippen LogP contribution in [0.4, 0.5) is 5.69 Å². The number of amides is 2. The predicted octanol–water partition coefficient (Wildman–Crippen LogP) is 3.60. The molecule has 3 heterocycles. The summed E-state index contributed by atoms with van der Waals surface area (Å²) in [5.74, 6) is 0.282. The van der Waals surface area contributed by atoms with Crippen LogP contribution in [0.1, 0.15) is 56.2 Å². The van der Waals surface area contributed by atoms with Crippen LogP contribution in [-0.2, 0) is 15.0 Å². The molecule has 8 heteroatoms. The number of nitrogens with zero attached hydrogens (tertiary/aromatic N) is 4. The zero-order valence-electron chi connectivity index (χ0n) is 23.1. The molecule has 2 aromatic rings. The monoisotopic (exact) mass is 529 g/mol. The van der Waals surface area contributed by atoms with Gasteiger partial charge in [0.2, 0.25) is 11.8 Å². The van der Waals surface area contributed by atoms with Gasteiger partial charge in [0.1, 0.15) is 11.2 Å². The molecule has 0 aromatic heterocycles. The highest BCUT2D eigenvalue weighted by Crippen LogP contribution is 2.49. The number of para-hydroxylation sites is 1. The highest BCUT2D eigenvalue weighted by molar-refractivity contribution is 6.11. The van der Waals surface area contributed by atoms with Crippen molar-refractivity contribution in [2.45, 2.75) is 51.0 Å². The van der Waals surface area contributed by atoms with Gasteiger partial charge in [0.05, 0.1) is 18.2 Å². The minimum atomic E-state index is -1.27. The van der Waals surface area contributed by atoms with Gasteiger partial charge in [-0.15, -0.1) is 0 Å². The third kappa shape index (κ3) is 5.26. The molecule has 0 saturated carbocycles. The lowest BCUT2D eigenvalue weighted by atomic mass is 9.71. The van der Waals surface area contributed by atoms with Crippen LogP contribution in [0.3, 0.4) is 0 Å². The van der Waals surface area contributed by atoms with Crippen LogP contribution >= 0.6 is 0 Å². The van der Waals surface area contributed by atoms with E-state index in [1.54, 1.807) is 18.2 Å². The first-order chi connectivity index (χ1) is 19.0. The molecular formula is C31H39N5O3. The van der Waals surface area contributed by atoms with E-state index in [1.807, 2.05) is 36.1 Å². The molecule has 1 unspecified atom stereocenters. The van der Waals surface area contributed by atoms with E-state index < -0.39 is 5.41 Å². The first kappa shape index (κ1) is 27.2. The van der Waals surface area contributed by atoms with E-state index in [-0.39, 0.29) is 18.2 Å². The van der Waals surface area contributed by atoms with Crippen LogP contribution in [0.25, 0.3) is 0 Å². The van der Waals surface area contributed by atoms with E-state index in [1.165, 1.54) is 13.0 Å². The van der Waals surface area contributed by atoms with Gasteiger partial charge in [-0.1, -0.05) is 25.1 Å². The number of carbonyl (C=O) groups excluding carboxylic acids is 2. The number of anilines is 1. The predicted molar refractivity (Wildman–Crippen MR) is 151 cm³/mol. The summed E-state index contributed by atoms with van der Waals surface area (Å²) in [6.07, 6.45) is 3.08. The maximum absolute atomic E-state index is 13.9. The molecule has 3 aliphatic rings. The number of rotatable bonds is 8. The Labute approximate surface area is 231 Å². The summed E-state index contributed by atoms with van der Waals surface area (Å²) in [4.78, 5) is 34.8. The molecule has 0 radical (unpaired) electrons. The van der Waals surface area contributed by atoms with Gasteiger partial charge in [-0.05, 0) is 62.6 Å². The maximum atomic E-state index is 13.9. The Morgan fingerprint density at radius 2 is 1.79 bits per heavy atom. The number of benzene rings is 2. The van der Waals surface area contributed by atoms with E-state index in [0.717, 1.165) is 39.0 Å². The maximum Gasteiger partial charge on any atom is 0.240 e. The third-order valence-electron chi connectivity index (χ3n) is 8.59. The average Bonchev–Trinajstić information content (AvgIpc) is 3.24. The van der Waals surface area contributed by atoms with Crippen LogP contribution in [0, 0.1) is 11.3 Å². The molecule has 0 spiro atoms. The van der Waals surface area contributed by atoms with Gasteiger partial charge in [-0.2, -0.15) is 5.26 Å². The molecule has 3 aliphatic heterocycles. The average molecular weight is 530 g/mol. The molecule has 2 aromatic carbocycles. The Bertz CT molecular complexity index is 1240.